The minimum atomic E-state index is -1.86. The van der Waals surface area contributed by atoms with Gasteiger partial charge in [0.15, 0.2) is 18.7 Å². The summed E-state index contributed by atoms with van der Waals surface area (Å²) in [6, 6.07) is 0. The molecule has 7 fully saturated rings. The van der Waals surface area contributed by atoms with E-state index in [1.165, 1.54) is 5.57 Å². The van der Waals surface area contributed by atoms with Crippen molar-refractivity contribution in [3.05, 3.63) is 11.6 Å². The van der Waals surface area contributed by atoms with Crippen LogP contribution in [0.4, 0.5) is 0 Å². The summed E-state index contributed by atoms with van der Waals surface area (Å²) in [6.07, 6.45) is -14.1. The van der Waals surface area contributed by atoms with Crippen molar-refractivity contribution >= 4 is 5.97 Å². The van der Waals surface area contributed by atoms with Crippen LogP contribution >= 0.6 is 0 Å². The molecule has 0 aromatic carbocycles. The molecule has 18 nitrogen and oxygen atoms in total. The van der Waals surface area contributed by atoms with Gasteiger partial charge in [-0.3, -0.25) is 4.79 Å². The van der Waals surface area contributed by atoms with Crippen LogP contribution in [0.5, 0.6) is 0 Å². The van der Waals surface area contributed by atoms with Crippen molar-refractivity contribution < 1.29 is 89.4 Å². The van der Waals surface area contributed by atoms with E-state index in [1.807, 2.05) is 0 Å². The molecule has 3 aliphatic heterocycles. The SMILES string of the molecule is CC1(C)CC[C@]2(C(=O)O[C@@H]3O[C@H](CO)[C@@H](O)[C@H](O)[C@H]3O[C@@H]3O[C@H](CO)[C@H](O)[C@H](O)[C@H]3O)CC[C@@]3(C)C(=CC[C@@H]4[C@]5(C)CC[C@H](O[C@@H]6O[C@H](CO)[C@@H](O)[C@H](O)[C@H]6O)C(C)(C)[C@H]5CC[C@@]43C)[C@H]2C1. The van der Waals surface area contributed by atoms with Crippen LogP contribution in [0.2, 0.25) is 0 Å². The highest BCUT2D eigenvalue weighted by Crippen LogP contribution is 2.76. The number of esters is 1. The van der Waals surface area contributed by atoms with E-state index >= 15 is 4.79 Å². The van der Waals surface area contributed by atoms with E-state index in [-0.39, 0.29) is 50.9 Å². The number of aliphatic hydroxyl groups is 11. The molecular weight excluding hydrogens is 865 g/mol. The molecule has 18 heteroatoms. The highest BCUT2D eigenvalue weighted by atomic mass is 16.8. The molecule has 0 bridgehead atoms. The summed E-state index contributed by atoms with van der Waals surface area (Å²) in [4.78, 5) is 15.2. The Hall–Kier alpha value is -1.43. The lowest BCUT2D eigenvalue weighted by atomic mass is 9.33. The Bertz CT molecular complexity index is 1790. The van der Waals surface area contributed by atoms with Gasteiger partial charge in [0.25, 0.3) is 0 Å². The summed E-state index contributed by atoms with van der Waals surface area (Å²) < 4.78 is 36.0. The molecule has 8 aliphatic rings. The summed E-state index contributed by atoms with van der Waals surface area (Å²) >= 11 is 0. The number of aliphatic hydroxyl groups excluding tert-OH is 11. The Labute approximate surface area is 387 Å². The van der Waals surface area contributed by atoms with Gasteiger partial charge in [-0.15, -0.1) is 0 Å². The number of allylic oxidation sites excluding steroid dienone is 2. The van der Waals surface area contributed by atoms with Crippen LogP contribution in [0.15, 0.2) is 11.6 Å². The fraction of sp³-hybridized carbons (Fsp3) is 0.938. The molecule has 0 unspecified atom stereocenters. The summed E-state index contributed by atoms with van der Waals surface area (Å²) in [5.41, 5.74) is -0.804. The Morgan fingerprint density at radius 1 is 0.606 bits per heavy atom. The van der Waals surface area contributed by atoms with E-state index in [2.05, 4.69) is 54.5 Å². The zero-order chi connectivity index (χ0) is 48.3. The quantitative estimate of drug-likeness (QED) is 0.0833. The van der Waals surface area contributed by atoms with Gasteiger partial charge in [0.1, 0.15) is 67.1 Å². The number of hydrogen-bond donors (Lipinski definition) is 11. The Morgan fingerprint density at radius 2 is 1.14 bits per heavy atom. The van der Waals surface area contributed by atoms with Crippen molar-refractivity contribution in [2.45, 2.75) is 211 Å². The van der Waals surface area contributed by atoms with Crippen molar-refractivity contribution in [3.63, 3.8) is 0 Å². The van der Waals surface area contributed by atoms with Gasteiger partial charge in [-0.05, 0) is 109 Å². The largest absolute Gasteiger partial charge is 0.432 e. The van der Waals surface area contributed by atoms with Crippen molar-refractivity contribution in [1.29, 1.82) is 0 Å². The van der Waals surface area contributed by atoms with Gasteiger partial charge in [0, 0.05) is 0 Å². The van der Waals surface area contributed by atoms with Crippen LogP contribution in [0, 0.1) is 50.2 Å². The zero-order valence-corrected chi connectivity index (χ0v) is 39.5. The summed E-state index contributed by atoms with van der Waals surface area (Å²) in [5.74, 6) is -0.282. The molecule has 3 heterocycles. The van der Waals surface area contributed by atoms with Crippen LogP contribution in [-0.2, 0) is 33.2 Å². The number of rotatable bonds is 9. The maximum atomic E-state index is 15.2. The average Bonchev–Trinajstić information content (AvgIpc) is 3.26. The van der Waals surface area contributed by atoms with Gasteiger partial charge in [0.05, 0.1) is 31.3 Å². The normalized spacial score (nSPS) is 53.3. The summed E-state index contributed by atoms with van der Waals surface area (Å²) in [5, 5.41) is 115. The van der Waals surface area contributed by atoms with E-state index in [9.17, 15) is 56.2 Å². The van der Waals surface area contributed by atoms with Gasteiger partial charge in [-0.25, -0.2) is 0 Å². The van der Waals surface area contributed by atoms with Crippen LogP contribution < -0.4 is 0 Å². The molecule has 0 radical (unpaired) electrons. The molecule has 4 saturated carbocycles. The predicted octanol–water partition coefficient (Wildman–Crippen LogP) is 0.141. The second-order valence-electron chi connectivity index (χ2n) is 23.5. The molecule has 3 saturated heterocycles. The van der Waals surface area contributed by atoms with E-state index in [0.29, 0.717) is 32.1 Å². The third-order valence-corrected chi connectivity index (χ3v) is 19.3. The highest BCUT2D eigenvalue weighted by molar-refractivity contribution is 5.79. The number of ether oxygens (including phenoxy) is 6. The molecule has 378 valence electrons. The first kappa shape index (κ1) is 50.9. The molecule has 0 aromatic rings. The monoisotopic (exact) mass is 943 g/mol. The van der Waals surface area contributed by atoms with Gasteiger partial charge >= 0.3 is 5.97 Å². The molecular formula is C48H78O18. The standard InChI is InChI=1S/C48H78O18/c1-43(2)14-16-48(42(60)66-41-38(35(57)32(54)26(21-51)63-41)65-40-37(59)34(56)31(53)25(20-50)62-40)17-15-46(6)22(23(48)18-43)8-9-28-45(5)12-11-29(44(3,4)27(45)10-13-47(28,46)7)64-39-36(58)33(55)30(52)24(19-49)61-39/h8,23-41,49-59H,9-21H2,1-7H3/t23-,24-,25-,26-,27-,28-,29+,30-,31+,32-,33+,34+,35+,36-,37-,38-,39+,40+,41+,45-,46+,47+,48+/m1/s1. The van der Waals surface area contributed by atoms with Gasteiger partial charge in [-0.1, -0.05) is 60.1 Å². The van der Waals surface area contributed by atoms with Crippen molar-refractivity contribution in [2.75, 3.05) is 19.8 Å². The Balaban J connectivity index is 1.06. The van der Waals surface area contributed by atoms with Gasteiger partial charge < -0.3 is 84.6 Å². The van der Waals surface area contributed by atoms with E-state index in [1.54, 1.807) is 0 Å². The lowest BCUT2D eigenvalue weighted by Crippen LogP contribution is -2.66. The molecule has 23 atom stereocenters. The molecule has 11 N–H and O–H groups in total. The maximum Gasteiger partial charge on any atom is 0.315 e. The molecule has 0 aromatic heterocycles. The first-order valence-electron chi connectivity index (χ1n) is 24.3. The smallest absolute Gasteiger partial charge is 0.315 e. The lowest BCUT2D eigenvalue weighted by molar-refractivity contribution is -0.363. The first-order chi connectivity index (χ1) is 30.9. The maximum absolute atomic E-state index is 15.2. The minimum Gasteiger partial charge on any atom is -0.432 e. The van der Waals surface area contributed by atoms with Crippen LogP contribution in [0.25, 0.3) is 0 Å². The Morgan fingerprint density at radius 3 is 1.71 bits per heavy atom. The topological polar surface area (TPSA) is 295 Å². The summed E-state index contributed by atoms with van der Waals surface area (Å²) in [6.45, 7) is 14.1. The van der Waals surface area contributed by atoms with E-state index in [4.69, 9.17) is 28.4 Å². The minimum absolute atomic E-state index is 0.112. The van der Waals surface area contributed by atoms with Crippen molar-refractivity contribution in [2.24, 2.45) is 50.2 Å². The fourth-order valence-corrected chi connectivity index (χ4v) is 15.0. The molecule has 66 heavy (non-hydrogen) atoms. The van der Waals surface area contributed by atoms with Gasteiger partial charge in [-0.2, -0.15) is 0 Å². The van der Waals surface area contributed by atoms with Crippen LogP contribution in [0.1, 0.15) is 113 Å². The number of carbonyl (C=O) groups excluding carboxylic acids is 1. The predicted molar refractivity (Wildman–Crippen MR) is 230 cm³/mol. The number of fused-ring (bicyclic) bond motifs is 7. The van der Waals surface area contributed by atoms with Gasteiger partial charge in [0.2, 0.25) is 6.29 Å². The third-order valence-electron chi connectivity index (χ3n) is 19.3. The molecule has 0 amide bonds. The fourth-order valence-electron chi connectivity index (χ4n) is 15.0. The Kier molecular flexibility index (Phi) is 13.9. The summed E-state index contributed by atoms with van der Waals surface area (Å²) in [7, 11) is 0. The van der Waals surface area contributed by atoms with Crippen LogP contribution in [-0.4, -0.2) is 180 Å². The van der Waals surface area contributed by atoms with Crippen LogP contribution in [0.3, 0.4) is 0 Å². The first-order valence-corrected chi connectivity index (χ1v) is 24.3. The zero-order valence-electron chi connectivity index (χ0n) is 39.5. The number of carbonyl (C=O) groups is 1. The second-order valence-corrected chi connectivity index (χ2v) is 23.5. The number of hydrogen-bond acceptors (Lipinski definition) is 18. The molecule has 0 spiro atoms. The highest BCUT2D eigenvalue weighted by Gasteiger charge is 2.70. The molecule has 8 rings (SSSR count). The average molecular weight is 943 g/mol. The van der Waals surface area contributed by atoms with Crippen molar-refractivity contribution in [1.82, 2.24) is 0 Å². The van der Waals surface area contributed by atoms with Crippen molar-refractivity contribution in [3.8, 4) is 0 Å². The van der Waals surface area contributed by atoms with E-state index in [0.717, 1.165) is 32.1 Å². The lowest BCUT2D eigenvalue weighted by Gasteiger charge is -2.71. The second kappa shape index (κ2) is 18.0. The molecule has 5 aliphatic carbocycles. The van der Waals surface area contributed by atoms with E-state index < -0.39 is 123 Å². The third kappa shape index (κ3) is 7.87.